The number of nitriles is 2. The number of amides is 1. The average molecular weight is 531 g/mol. The molecule has 1 unspecified atom stereocenters. The SMILES string of the molecule is CNC(=O)c1cc(CSc2nc(NCC(C)C)c(C#N)c(-c3ccc(OCC(C)O)cc3)c2C#N)ccn1. The third-order valence-corrected chi connectivity index (χ3v) is 6.41. The van der Waals surface area contributed by atoms with E-state index >= 15 is 0 Å². The van der Waals surface area contributed by atoms with Crippen LogP contribution >= 0.6 is 11.8 Å². The van der Waals surface area contributed by atoms with Crippen LogP contribution in [-0.4, -0.2) is 47.3 Å². The molecular weight excluding hydrogens is 500 g/mol. The summed E-state index contributed by atoms with van der Waals surface area (Å²) in [6, 6.07) is 15.1. The van der Waals surface area contributed by atoms with Gasteiger partial charge in [-0.25, -0.2) is 4.98 Å². The predicted molar refractivity (Wildman–Crippen MR) is 147 cm³/mol. The van der Waals surface area contributed by atoms with Crippen LogP contribution in [0.15, 0.2) is 47.6 Å². The molecular formula is C28H30N6O3S. The van der Waals surface area contributed by atoms with Gasteiger partial charge in [0.25, 0.3) is 5.91 Å². The Morgan fingerprint density at radius 1 is 1.13 bits per heavy atom. The molecule has 0 aliphatic carbocycles. The number of rotatable bonds is 11. The minimum atomic E-state index is -0.604. The maximum Gasteiger partial charge on any atom is 0.269 e. The summed E-state index contributed by atoms with van der Waals surface area (Å²) in [4.78, 5) is 20.8. The second kappa shape index (κ2) is 13.4. The van der Waals surface area contributed by atoms with Crippen LogP contribution in [-0.2, 0) is 5.75 Å². The normalized spacial score (nSPS) is 11.4. The van der Waals surface area contributed by atoms with Crippen LogP contribution in [0.4, 0.5) is 5.82 Å². The van der Waals surface area contributed by atoms with Crippen molar-refractivity contribution in [1.82, 2.24) is 15.3 Å². The lowest BCUT2D eigenvalue weighted by Gasteiger charge is -2.17. The van der Waals surface area contributed by atoms with Gasteiger partial charge in [0.05, 0.1) is 11.7 Å². The summed E-state index contributed by atoms with van der Waals surface area (Å²) in [7, 11) is 1.55. The van der Waals surface area contributed by atoms with Crippen LogP contribution in [0, 0.1) is 28.6 Å². The van der Waals surface area contributed by atoms with E-state index in [4.69, 9.17) is 4.74 Å². The Labute approximate surface area is 226 Å². The molecule has 3 N–H and O–H groups in total. The van der Waals surface area contributed by atoms with Gasteiger partial charge in [0, 0.05) is 31.1 Å². The molecule has 38 heavy (non-hydrogen) atoms. The van der Waals surface area contributed by atoms with E-state index in [0.29, 0.717) is 57.2 Å². The molecule has 1 aromatic carbocycles. The molecule has 2 aromatic heterocycles. The van der Waals surface area contributed by atoms with Crippen LogP contribution in [0.2, 0.25) is 0 Å². The van der Waals surface area contributed by atoms with Gasteiger partial charge in [-0.05, 0) is 48.2 Å². The number of hydrogen-bond donors (Lipinski definition) is 3. The molecule has 1 atom stereocenters. The molecule has 0 fully saturated rings. The lowest BCUT2D eigenvalue weighted by atomic mass is 9.96. The number of hydrogen-bond acceptors (Lipinski definition) is 9. The summed E-state index contributed by atoms with van der Waals surface area (Å²) >= 11 is 1.35. The number of aliphatic hydroxyl groups excluding tert-OH is 1. The maximum absolute atomic E-state index is 12.0. The van der Waals surface area contributed by atoms with Gasteiger partial charge in [-0.3, -0.25) is 9.78 Å². The van der Waals surface area contributed by atoms with E-state index in [2.05, 4.69) is 46.6 Å². The first-order valence-corrected chi connectivity index (χ1v) is 13.1. The van der Waals surface area contributed by atoms with Gasteiger partial charge < -0.3 is 20.5 Å². The van der Waals surface area contributed by atoms with E-state index in [1.54, 1.807) is 56.6 Å². The highest BCUT2D eigenvalue weighted by Gasteiger charge is 2.22. The largest absolute Gasteiger partial charge is 0.491 e. The third-order valence-electron chi connectivity index (χ3n) is 5.36. The summed E-state index contributed by atoms with van der Waals surface area (Å²) in [5, 5.41) is 36.1. The zero-order chi connectivity index (χ0) is 27.7. The Morgan fingerprint density at radius 2 is 1.84 bits per heavy atom. The Bertz CT molecular complexity index is 1360. The van der Waals surface area contributed by atoms with E-state index in [-0.39, 0.29) is 18.1 Å². The topological polar surface area (TPSA) is 144 Å². The summed E-state index contributed by atoms with van der Waals surface area (Å²) in [6.45, 7) is 6.50. The second-order valence-electron chi connectivity index (χ2n) is 8.99. The van der Waals surface area contributed by atoms with E-state index in [9.17, 15) is 20.4 Å². The molecule has 0 aliphatic rings. The molecule has 3 aromatic rings. The smallest absolute Gasteiger partial charge is 0.269 e. The van der Waals surface area contributed by atoms with Crippen molar-refractivity contribution in [3.05, 3.63) is 65.0 Å². The first-order chi connectivity index (χ1) is 18.3. The van der Waals surface area contributed by atoms with Gasteiger partial charge in [0.1, 0.15) is 46.6 Å². The van der Waals surface area contributed by atoms with Crippen molar-refractivity contribution in [2.75, 3.05) is 25.5 Å². The number of thioether (sulfide) groups is 1. The maximum atomic E-state index is 12.0. The number of carbonyl (C=O) groups is 1. The van der Waals surface area contributed by atoms with Crippen molar-refractivity contribution in [3.8, 4) is 29.0 Å². The van der Waals surface area contributed by atoms with Gasteiger partial charge in [0.15, 0.2) is 0 Å². The Balaban J connectivity index is 2.05. The molecule has 0 saturated carbocycles. The number of benzene rings is 1. The fourth-order valence-electron chi connectivity index (χ4n) is 3.50. The Kier molecular flexibility index (Phi) is 10.1. The summed E-state index contributed by atoms with van der Waals surface area (Å²) in [5.41, 5.74) is 2.88. The number of nitrogens with one attached hydrogen (secondary N) is 2. The second-order valence-corrected chi connectivity index (χ2v) is 9.95. The highest BCUT2D eigenvalue weighted by Crippen LogP contribution is 2.38. The van der Waals surface area contributed by atoms with E-state index < -0.39 is 6.10 Å². The highest BCUT2D eigenvalue weighted by molar-refractivity contribution is 7.98. The lowest BCUT2D eigenvalue weighted by molar-refractivity contribution is 0.0958. The Morgan fingerprint density at radius 3 is 2.45 bits per heavy atom. The molecule has 10 heteroatoms. The monoisotopic (exact) mass is 530 g/mol. The van der Waals surface area contributed by atoms with Crippen molar-refractivity contribution in [1.29, 1.82) is 10.5 Å². The number of anilines is 1. The van der Waals surface area contributed by atoms with Crippen LogP contribution in [0.1, 0.15) is 48.0 Å². The summed E-state index contributed by atoms with van der Waals surface area (Å²) in [5.74, 6) is 1.44. The van der Waals surface area contributed by atoms with Crippen LogP contribution in [0.5, 0.6) is 5.75 Å². The molecule has 0 aliphatic heterocycles. The molecule has 0 saturated heterocycles. The number of carbonyl (C=O) groups excluding carboxylic acids is 1. The molecule has 2 heterocycles. The van der Waals surface area contributed by atoms with Gasteiger partial charge in [-0.2, -0.15) is 10.5 Å². The van der Waals surface area contributed by atoms with Gasteiger partial charge >= 0.3 is 0 Å². The van der Waals surface area contributed by atoms with Crippen molar-refractivity contribution < 1.29 is 14.6 Å². The lowest BCUT2D eigenvalue weighted by Crippen LogP contribution is -2.19. The highest BCUT2D eigenvalue weighted by atomic mass is 32.2. The van der Waals surface area contributed by atoms with Crippen LogP contribution < -0.4 is 15.4 Å². The van der Waals surface area contributed by atoms with E-state index in [1.165, 1.54) is 11.8 Å². The van der Waals surface area contributed by atoms with Crippen LogP contribution in [0.3, 0.4) is 0 Å². The van der Waals surface area contributed by atoms with Crippen molar-refractivity contribution >= 4 is 23.5 Å². The number of aliphatic hydroxyl groups is 1. The predicted octanol–water partition coefficient (Wildman–Crippen LogP) is 4.37. The fourth-order valence-corrected chi connectivity index (χ4v) is 4.43. The fraction of sp³-hybridized carbons (Fsp3) is 0.321. The first-order valence-electron chi connectivity index (χ1n) is 12.1. The molecule has 1 amide bonds. The van der Waals surface area contributed by atoms with E-state index in [1.807, 2.05) is 0 Å². The minimum absolute atomic E-state index is 0.155. The quantitative estimate of drug-likeness (QED) is 0.308. The van der Waals surface area contributed by atoms with E-state index in [0.717, 1.165) is 5.56 Å². The number of ether oxygens (including phenoxy) is 1. The molecule has 0 spiro atoms. The van der Waals surface area contributed by atoms with Gasteiger partial charge in [-0.1, -0.05) is 26.0 Å². The molecule has 3 rings (SSSR count). The number of pyridine rings is 2. The molecule has 9 nitrogen and oxygen atoms in total. The number of aromatic nitrogens is 2. The van der Waals surface area contributed by atoms with Gasteiger partial charge in [-0.15, -0.1) is 11.8 Å². The van der Waals surface area contributed by atoms with Crippen molar-refractivity contribution in [2.24, 2.45) is 5.92 Å². The molecule has 196 valence electrons. The molecule has 0 bridgehead atoms. The van der Waals surface area contributed by atoms with Gasteiger partial charge in [0.2, 0.25) is 0 Å². The summed E-state index contributed by atoms with van der Waals surface area (Å²) in [6.07, 6.45) is 0.965. The molecule has 0 radical (unpaired) electrons. The standard InChI is InChI=1S/C28H30N6O3S/c1-17(2)14-33-26-22(12-29)25(20-5-7-21(8-6-20)37-15-18(3)35)23(13-30)28(34-26)38-16-19-9-10-32-24(11-19)27(36)31-4/h5-11,17-18,35H,14-16H2,1-4H3,(H,31,36)(H,33,34). The zero-order valence-corrected chi connectivity index (χ0v) is 22.6. The zero-order valence-electron chi connectivity index (χ0n) is 21.8. The van der Waals surface area contributed by atoms with Crippen LogP contribution in [0.25, 0.3) is 11.1 Å². The average Bonchev–Trinajstić information content (AvgIpc) is 2.93. The van der Waals surface area contributed by atoms with Crippen molar-refractivity contribution in [2.45, 2.75) is 37.7 Å². The van der Waals surface area contributed by atoms with Crippen molar-refractivity contribution in [3.63, 3.8) is 0 Å². The Hall–Kier alpha value is -4.12. The third kappa shape index (κ3) is 7.22. The first kappa shape index (κ1) is 28.5. The number of nitrogens with zero attached hydrogens (tertiary/aromatic N) is 4. The minimum Gasteiger partial charge on any atom is -0.491 e. The summed E-state index contributed by atoms with van der Waals surface area (Å²) < 4.78 is 5.56.